The van der Waals surface area contributed by atoms with E-state index in [9.17, 15) is 8.42 Å². The molecule has 5 heteroatoms. The van der Waals surface area contributed by atoms with Gasteiger partial charge in [-0.15, -0.1) is 0 Å². The van der Waals surface area contributed by atoms with Crippen LogP contribution in [0.25, 0.3) is 0 Å². The first kappa shape index (κ1) is 15.4. The summed E-state index contributed by atoms with van der Waals surface area (Å²) in [5.74, 6) is 0.431. The molecule has 0 heterocycles. The molecule has 0 spiro atoms. The Bertz CT molecular complexity index is 767. The molecule has 0 saturated heterocycles. The topological polar surface area (TPSA) is 69.4 Å². The molecule has 0 radical (unpaired) electrons. The van der Waals surface area contributed by atoms with Crippen LogP contribution in [0.5, 0.6) is 5.75 Å². The number of rotatable bonds is 4. The third-order valence-corrected chi connectivity index (χ3v) is 5.01. The molecule has 0 aromatic heterocycles. The van der Waals surface area contributed by atoms with Crippen molar-refractivity contribution < 1.29 is 13.2 Å². The lowest BCUT2D eigenvalue weighted by molar-refractivity contribution is 0.411. The van der Waals surface area contributed by atoms with Gasteiger partial charge in [-0.3, -0.25) is 0 Å². The molecule has 0 bridgehead atoms. The number of hydrogen-bond acceptors (Lipinski definition) is 4. The minimum atomic E-state index is -3.52. The van der Waals surface area contributed by atoms with Crippen LogP contribution in [0.4, 0.5) is 5.69 Å². The Morgan fingerprint density at radius 2 is 1.67 bits per heavy atom. The molecule has 4 nitrogen and oxygen atoms in total. The summed E-state index contributed by atoms with van der Waals surface area (Å²) >= 11 is 0. The van der Waals surface area contributed by atoms with Crippen molar-refractivity contribution in [1.29, 1.82) is 0 Å². The Labute approximate surface area is 125 Å². The van der Waals surface area contributed by atoms with Crippen molar-refractivity contribution in [3.8, 4) is 5.75 Å². The van der Waals surface area contributed by atoms with E-state index in [-0.39, 0.29) is 16.3 Å². The van der Waals surface area contributed by atoms with Crippen molar-refractivity contribution in [2.24, 2.45) is 0 Å². The first-order chi connectivity index (χ1) is 9.83. The largest absolute Gasteiger partial charge is 0.496 e. The highest BCUT2D eigenvalue weighted by Crippen LogP contribution is 2.28. The monoisotopic (exact) mass is 305 g/mol. The molecule has 21 heavy (non-hydrogen) atoms. The summed E-state index contributed by atoms with van der Waals surface area (Å²) in [6.07, 6.45) is 0. The summed E-state index contributed by atoms with van der Waals surface area (Å²) in [5.41, 5.74) is 8.68. The van der Waals surface area contributed by atoms with Gasteiger partial charge in [-0.1, -0.05) is 23.8 Å². The molecule has 0 fully saturated rings. The van der Waals surface area contributed by atoms with E-state index in [0.29, 0.717) is 11.3 Å². The van der Waals surface area contributed by atoms with Gasteiger partial charge in [0.2, 0.25) is 0 Å². The van der Waals surface area contributed by atoms with Crippen LogP contribution in [0.2, 0.25) is 0 Å². The van der Waals surface area contributed by atoms with Gasteiger partial charge in [-0.2, -0.15) is 0 Å². The van der Waals surface area contributed by atoms with E-state index in [1.54, 1.807) is 24.3 Å². The average Bonchev–Trinajstić information content (AvgIpc) is 2.37. The maximum Gasteiger partial charge on any atom is 0.184 e. The Hall–Kier alpha value is -2.01. The van der Waals surface area contributed by atoms with Crippen LogP contribution in [0.3, 0.4) is 0 Å². The molecule has 0 unspecified atom stereocenters. The van der Waals surface area contributed by atoms with Crippen molar-refractivity contribution in [1.82, 2.24) is 0 Å². The van der Waals surface area contributed by atoms with Crippen molar-refractivity contribution >= 4 is 15.5 Å². The van der Waals surface area contributed by atoms with E-state index in [4.69, 9.17) is 10.5 Å². The van der Waals surface area contributed by atoms with Crippen LogP contribution >= 0.6 is 0 Å². The number of anilines is 1. The van der Waals surface area contributed by atoms with Crippen molar-refractivity contribution in [3.05, 3.63) is 53.1 Å². The van der Waals surface area contributed by atoms with Gasteiger partial charge in [0.25, 0.3) is 0 Å². The molecule has 2 aromatic carbocycles. The summed E-state index contributed by atoms with van der Waals surface area (Å²) in [4.78, 5) is 0.164. The van der Waals surface area contributed by atoms with Gasteiger partial charge in [-0.05, 0) is 37.6 Å². The number of aryl methyl sites for hydroxylation is 2. The lowest BCUT2D eigenvalue weighted by Crippen LogP contribution is -2.09. The van der Waals surface area contributed by atoms with Crippen molar-refractivity contribution in [2.45, 2.75) is 24.5 Å². The maximum absolute atomic E-state index is 12.6. The zero-order valence-electron chi connectivity index (χ0n) is 12.4. The highest BCUT2D eigenvalue weighted by Gasteiger charge is 2.20. The van der Waals surface area contributed by atoms with E-state index < -0.39 is 9.84 Å². The highest BCUT2D eigenvalue weighted by molar-refractivity contribution is 7.90. The van der Waals surface area contributed by atoms with Gasteiger partial charge in [-0.25, -0.2) is 8.42 Å². The van der Waals surface area contributed by atoms with E-state index in [2.05, 4.69) is 0 Å². The molecule has 0 atom stereocenters. The molecule has 2 rings (SSSR count). The maximum atomic E-state index is 12.6. The number of nitrogen functional groups attached to an aromatic ring is 1. The van der Waals surface area contributed by atoms with Crippen LogP contribution in [0, 0.1) is 13.8 Å². The first-order valence-electron chi connectivity index (χ1n) is 6.56. The summed E-state index contributed by atoms with van der Waals surface area (Å²) in [6, 6.07) is 10.5. The summed E-state index contributed by atoms with van der Waals surface area (Å²) < 4.78 is 30.4. The number of methoxy groups -OCH3 is 1. The number of sulfone groups is 1. The van der Waals surface area contributed by atoms with E-state index in [0.717, 1.165) is 11.1 Å². The third-order valence-electron chi connectivity index (χ3n) is 3.28. The standard InChI is InChI=1S/C16H19NO3S/c1-11-4-6-15(20-3)13(8-11)10-21(18,19)16-7-5-12(2)9-14(16)17/h4-9H,10,17H2,1-3H3. The number of benzene rings is 2. The summed E-state index contributed by atoms with van der Waals surface area (Å²) in [5, 5.41) is 0. The second-order valence-corrected chi connectivity index (χ2v) is 7.07. The number of nitrogens with two attached hydrogens (primary N) is 1. The number of hydrogen-bond donors (Lipinski definition) is 1. The van der Waals surface area contributed by atoms with E-state index in [1.165, 1.54) is 7.11 Å². The molecular formula is C16H19NO3S. The fourth-order valence-electron chi connectivity index (χ4n) is 2.25. The predicted octanol–water partition coefficient (Wildman–Crippen LogP) is 2.87. The molecule has 0 aliphatic rings. The van der Waals surface area contributed by atoms with E-state index >= 15 is 0 Å². The van der Waals surface area contributed by atoms with Crippen molar-refractivity contribution in [2.75, 3.05) is 12.8 Å². The van der Waals surface area contributed by atoms with Crippen LogP contribution in [-0.2, 0) is 15.6 Å². The Kier molecular flexibility index (Phi) is 4.23. The molecule has 2 aromatic rings. The molecule has 0 aliphatic carbocycles. The van der Waals surface area contributed by atoms with Crippen LogP contribution in [-0.4, -0.2) is 15.5 Å². The van der Waals surface area contributed by atoms with Crippen LogP contribution in [0.1, 0.15) is 16.7 Å². The SMILES string of the molecule is COc1ccc(C)cc1CS(=O)(=O)c1ccc(C)cc1N. The van der Waals surface area contributed by atoms with Gasteiger partial charge < -0.3 is 10.5 Å². The normalized spacial score (nSPS) is 11.4. The molecule has 0 aliphatic heterocycles. The van der Waals surface area contributed by atoms with Crippen molar-refractivity contribution in [3.63, 3.8) is 0 Å². The molecule has 0 amide bonds. The lowest BCUT2D eigenvalue weighted by Gasteiger charge is -2.12. The van der Waals surface area contributed by atoms with Gasteiger partial charge in [0.1, 0.15) is 5.75 Å². The Balaban J connectivity index is 2.44. The van der Waals surface area contributed by atoms with E-state index in [1.807, 2.05) is 26.0 Å². The second-order valence-electron chi connectivity index (χ2n) is 5.12. The van der Waals surface area contributed by atoms with Crippen LogP contribution < -0.4 is 10.5 Å². The van der Waals surface area contributed by atoms with Gasteiger partial charge >= 0.3 is 0 Å². The summed E-state index contributed by atoms with van der Waals surface area (Å²) in [7, 11) is -1.99. The minimum Gasteiger partial charge on any atom is -0.496 e. The fraction of sp³-hybridized carbons (Fsp3) is 0.250. The zero-order chi connectivity index (χ0) is 15.6. The fourth-order valence-corrected chi connectivity index (χ4v) is 3.74. The first-order valence-corrected chi connectivity index (χ1v) is 8.21. The highest BCUT2D eigenvalue weighted by atomic mass is 32.2. The molecular weight excluding hydrogens is 286 g/mol. The minimum absolute atomic E-state index is 0.134. The quantitative estimate of drug-likeness (QED) is 0.882. The zero-order valence-corrected chi connectivity index (χ0v) is 13.2. The Morgan fingerprint density at radius 3 is 2.29 bits per heavy atom. The van der Waals surface area contributed by atoms with Gasteiger partial charge in [0.15, 0.2) is 9.84 Å². The average molecular weight is 305 g/mol. The second kappa shape index (κ2) is 5.77. The van der Waals surface area contributed by atoms with Crippen LogP contribution in [0.15, 0.2) is 41.3 Å². The summed E-state index contributed by atoms with van der Waals surface area (Å²) in [6.45, 7) is 3.78. The molecule has 0 saturated carbocycles. The van der Waals surface area contributed by atoms with Gasteiger partial charge in [0.05, 0.1) is 23.4 Å². The molecule has 112 valence electrons. The smallest absolute Gasteiger partial charge is 0.184 e. The number of ether oxygens (including phenoxy) is 1. The Morgan fingerprint density at radius 1 is 1.05 bits per heavy atom. The van der Waals surface area contributed by atoms with Gasteiger partial charge in [0, 0.05) is 5.56 Å². The molecule has 2 N–H and O–H groups in total. The predicted molar refractivity (Wildman–Crippen MR) is 84.2 cm³/mol. The third kappa shape index (κ3) is 3.36. The lowest BCUT2D eigenvalue weighted by atomic mass is 10.1.